The molecule has 0 fully saturated rings. The van der Waals surface area contributed by atoms with Crippen LogP contribution >= 0.6 is 11.5 Å². The van der Waals surface area contributed by atoms with Crippen molar-refractivity contribution in [3.63, 3.8) is 0 Å². The molecule has 9 nitrogen and oxygen atoms in total. The zero-order valence-corrected chi connectivity index (χ0v) is 23.7. The number of amides is 3. The fourth-order valence-electron chi connectivity index (χ4n) is 4.34. The Labute approximate surface area is 237 Å². The average Bonchev–Trinajstić information content (AvgIpc) is 3.33. The quantitative estimate of drug-likeness (QED) is 0.283. The van der Waals surface area contributed by atoms with Crippen molar-refractivity contribution in [3.8, 4) is 0 Å². The molecule has 4 rings (SSSR count). The first-order valence-electron chi connectivity index (χ1n) is 12.6. The summed E-state index contributed by atoms with van der Waals surface area (Å²) in [5.74, 6) is -1.77. The predicted octanol–water partition coefficient (Wildman–Crippen LogP) is 4.21. The van der Waals surface area contributed by atoms with Gasteiger partial charge in [-0.2, -0.15) is 4.37 Å². The van der Waals surface area contributed by atoms with Crippen molar-refractivity contribution in [2.75, 3.05) is 29.6 Å². The Morgan fingerprint density at radius 3 is 2.25 bits per heavy atom. The predicted molar refractivity (Wildman–Crippen MR) is 160 cm³/mol. The van der Waals surface area contributed by atoms with Gasteiger partial charge in [-0.25, -0.2) is 0 Å². The fourth-order valence-corrected chi connectivity index (χ4v) is 5.08. The molecular weight excluding hydrogens is 524 g/mol. The van der Waals surface area contributed by atoms with E-state index in [4.69, 9.17) is 11.5 Å². The lowest BCUT2D eigenvalue weighted by Gasteiger charge is -2.33. The van der Waals surface area contributed by atoms with E-state index in [-0.39, 0.29) is 28.7 Å². The summed E-state index contributed by atoms with van der Waals surface area (Å²) in [6.07, 6.45) is 0. The first kappa shape index (κ1) is 28.3. The Morgan fingerprint density at radius 2 is 1.65 bits per heavy atom. The molecule has 1 heterocycles. The molecule has 3 amide bonds. The molecule has 4 aromatic rings. The van der Waals surface area contributed by atoms with Crippen LogP contribution in [-0.4, -0.2) is 36.2 Å². The first-order valence-corrected chi connectivity index (χ1v) is 13.4. The standard InChI is InChI=1S/C30H32N6O3S/c1-18-10-11-19(2)23(16-18)36(30(39)27-24(31)25(28(32)37)34-40-27)26(21-12-14-22(15-13-21)35(3)4)29(38)33-17-20-8-6-5-7-9-20/h5-16,26H,17,31H2,1-4H3,(H2,32,37)(H,33,38)/t26-/m0/s1. The van der Waals surface area contributed by atoms with E-state index in [1.54, 1.807) is 0 Å². The van der Waals surface area contributed by atoms with Gasteiger partial charge in [0.2, 0.25) is 5.91 Å². The summed E-state index contributed by atoms with van der Waals surface area (Å²) in [5.41, 5.74) is 16.0. The van der Waals surface area contributed by atoms with E-state index >= 15 is 0 Å². The molecule has 0 aliphatic rings. The minimum atomic E-state index is -1.06. The number of aryl methyl sites for hydroxylation is 2. The number of nitrogens with one attached hydrogen (secondary N) is 1. The lowest BCUT2D eigenvalue weighted by Crippen LogP contribution is -2.44. The third kappa shape index (κ3) is 5.97. The van der Waals surface area contributed by atoms with Crippen LogP contribution in [0.4, 0.5) is 17.1 Å². The number of nitrogens with two attached hydrogens (primary N) is 2. The number of hydrogen-bond donors (Lipinski definition) is 3. The normalized spacial score (nSPS) is 11.5. The second kappa shape index (κ2) is 12.0. The maximum atomic E-state index is 14.3. The smallest absolute Gasteiger partial charge is 0.273 e. The number of anilines is 3. The molecule has 1 aromatic heterocycles. The number of rotatable bonds is 9. The number of nitrogen functional groups attached to an aromatic ring is 1. The molecule has 0 spiro atoms. The van der Waals surface area contributed by atoms with E-state index < -0.39 is 17.9 Å². The lowest BCUT2D eigenvalue weighted by molar-refractivity contribution is -0.122. The summed E-state index contributed by atoms with van der Waals surface area (Å²) >= 11 is 0.781. The Kier molecular flexibility index (Phi) is 8.49. The summed E-state index contributed by atoms with van der Waals surface area (Å²) < 4.78 is 4.02. The average molecular weight is 557 g/mol. The first-order chi connectivity index (χ1) is 19.1. The van der Waals surface area contributed by atoms with E-state index in [0.29, 0.717) is 11.3 Å². The Balaban J connectivity index is 1.88. The van der Waals surface area contributed by atoms with Gasteiger partial charge in [-0.3, -0.25) is 19.3 Å². The summed E-state index contributed by atoms with van der Waals surface area (Å²) in [4.78, 5) is 43.6. The van der Waals surface area contributed by atoms with Crippen LogP contribution < -0.4 is 26.6 Å². The van der Waals surface area contributed by atoms with Gasteiger partial charge in [-0.15, -0.1) is 0 Å². The highest BCUT2D eigenvalue weighted by atomic mass is 32.1. The highest BCUT2D eigenvalue weighted by Gasteiger charge is 2.36. The number of hydrogen-bond acceptors (Lipinski definition) is 7. The fraction of sp³-hybridized carbons (Fsp3) is 0.200. The van der Waals surface area contributed by atoms with Crippen molar-refractivity contribution in [1.29, 1.82) is 0 Å². The molecule has 3 aromatic carbocycles. The van der Waals surface area contributed by atoms with Gasteiger partial charge < -0.3 is 21.7 Å². The van der Waals surface area contributed by atoms with Crippen LogP contribution in [0.15, 0.2) is 72.8 Å². The van der Waals surface area contributed by atoms with Gasteiger partial charge in [0, 0.05) is 32.0 Å². The maximum Gasteiger partial charge on any atom is 0.273 e. The molecule has 5 N–H and O–H groups in total. The Hall–Kier alpha value is -4.70. The summed E-state index contributed by atoms with van der Waals surface area (Å²) in [6.45, 7) is 4.05. The number of benzene rings is 3. The zero-order chi connectivity index (χ0) is 29.0. The molecule has 0 saturated heterocycles. The Bertz CT molecular complexity index is 1530. The molecule has 0 radical (unpaired) electrons. The number of aromatic nitrogens is 1. The minimum Gasteiger partial charge on any atom is -0.395 e. The van der Waals surface area contributed by atoms with Crippen molar-refractivity contribution in [2.45, 2.75) is 26.4 Å². The van der Waals surface area contributed by atoms with Gasteiger partial charge in [0.25, 0.3) is 11.8 Å². The van der Waals surface area contributed by atoms with Crippen LogP contribution in [0.3, 0.4) is 0 Å². The lowest BCUT2D eigenvalue weighted by atomic mass is 10.00. The van der Waals surface area contributed by atoms with Gasteiger partial charge in [0.05, 0.1) is 5.69 Å². The summed E-state index contributed by atoms with van der Waals surface area (Å²) in [6, 6.07) is 21.6. The van der Waals surface area contributed by atoms with Gasteiger partial charge >= 0.3 is 0 Å². The zero-order valence-electron chi connectivity index (χ0n) is 22.8. The highest BCUT2D eigenvalue weighted by Crippen LogP contribution is 2.35. The highest BCUT2D eigenvalue weighted by molar-refractivity contribution is 7.09. The second-order valence-electron chi connectivity index (χ2n) is 9.70. The van der Waals surface area contributed by atoms with Crippen LogP contribution in [0.25, 0.3) is 0 Å². The summed E-state index contributed by atoms with van der Waals surface area (Å²) in [7, 11) is 3.85. The molecule has 40 heavy (non-hydrogen) atoms. The third-order valence-corrected chi connectivity index (χ3v) is 7.39. The number of primary amides is 1. The van der Waals surface area contributed by atoms with Crippen LogP contribution in [0.5, 0.6) is 0 Å². The van der Waals surface area contributed by atoms with Crippen molar-refractivity contribution in [2.24, 2.45) is 5.73 Å². The van der Waals surface area contributed by atoms with Crippen LogP contribution in [0, 0.1) is 13.8 Å². The van der Waals surface area contributed by atoms with Crippen LogP contribution in [-0.2, 0) is 11.3 Å². The van der Waals surface area contributed by atoms with Crippen molar-refractivity contribution in [3.05, 3.63) is 106 Å². The number of carbonyl (C=O) groups excluding carboxylic acids is 3. The van der Waals surface area contributed by atoms with Gasteiger partial charge in [-0.1, -0.05) is 54.6 Å². The molecule has 10 heteroatoms. The Morgan fingerprint density at radius 1 is 0.975 bits per heavy atom. The largest absolute Gasteiger partial charge is 0.395 e. The van der Waals surface area contributed by atoms with Crippen LogP contribution in [0.2, 0.25) is 0 Å². The van der Waals surface area contributed by atoms with E-state index in [1.165, 1.54) is 4.90 Å². The number of carbonyl (C=O) groups is 3. The van der Waals surface area contributed by atoms with Gasteiger partial charge in [0.15, 0.2) is 5.69 Å². The third-order valence-electron chi connectivity index (χ3n) is 6.54. The molecule has 0 aliphatic heterocycles. The topological polar surface area (TPSA) is 135 Å². The van der Waals surface area contributed by atoms with Gasteiger partial charge in [-0.05, 0) is 65.8 Å². The molecule has 0 saturated carbocycles. The van der Waals surface area contributed by atoms with E-state index in [2.05, 4.69) is 9.69 Å². The van der Waals surface area contributed by atoms with E-state index in [9.17, 15) is 14.4 Å². The molecule has 0 aliphatic carbocycles. The molecule has 0 unspecified atom stereocenters. The van der Waals surface area contributed by atoms with E-state index in [0.717, 1.165) is 33.9 Å². The minimum absolute atomic E-state index is 0.0282. The van der Waals surface area contributed by atoms with Crippen LogP contribution in [0.1, 0.15) is 48.5 Å². The molecule has 206 valence electrons. The second-order valence-corrected chi connectivity index (χ2v) is 10.5. The van der Waals surface area contributed by atoms with Crippen molar-refractivity contribution < 1.29 is 14.4 Å². The molecule has 1 atom stereocenters. The maximum absolute atomic E-state index is 14.3. The van der Waals surface area contributed by atoms with Gasteiger partial charge in [0.1, 0.15) is 10.9 Å². The summed E-state index contributed by atoms with van der Waals surface area (Å²) in [5, 5.41) is 3.00. The van der Waals surface area contributed by atoms with Crippen molar-refractivity contribution in [1.82, 2.24) is 9.69 Å². The monoisotopic (exact) mass is 556 g/mol. The SMILES string of the molecule is Cc1ccc(C)c(N(C(=O)c2snc(C(N)=O)c2N)[C@H](C(=O)NCc2ccccc2)c2ccc(N(C)C)cc2)c1. The van der Waals surface area contributed by atoms with Crippen molar-refractivity contribution >= 4 is 46.3 Å². The molecular formula is C30H32N6O3S. The number of nitrogens with zero attached hydrogens (tertiary/aromatic N) is 3. The van der Waals surface area contributed by atoms with E-state index in [1.807, 2.05) is 106 Å². The molecule has 0 bridgehead atoms.